The molecular weight excluding hydrogens is 178 g/mol. The van der Waals surface area contributed by atoms with E-state index in [1.165, 1.54) is 10.4 Å². The van der Waals surface area contributed by atoms with Crippen molar-refractivity contribution in [3.63, 3.8) is 0 Å². The molecule has 2 heteroatoms. The van der Waals surface area contributed by atoms with E-state index in [0.717, 1.165) is 10.7 Å². The Balaban J connectivity index is 2.53. The fourth-order valence-electron chi connectivity index (χ4n) is 1.34. The molecule has 0 bridgehead atoms. The highest BCUT2D eigenvalue weighted by molar-refractivity contribution is 7.15. The number of aryl methyl sites for hydroxylation is 2. The normalized spacial score (nSPS) is 10.3. The molecule has 1 radical (unpaired) electrons. The summed E-state index contributed by atoms with van der Waals surface area (Å²) in [5.41, 5.74) is 2.36. The number of hydrogen-bond acceptors (Lipinski definition) is 2. The molecule has 2 aromatic rings. The van der Waals surface area contributed by atoms with E-state index in [1.807, 2.05) is 19.1 Å². The summed E-state index contributed by atoms with van der Waals surface area (Å²) in [6.07, 6.45) is 0. The highest BCUT2D eigenvalue weighted by Gasteiger charge is 2.05. The number of rotatable bonds is 1. The number of thiazole rings is 1. The smallest absolute Gasteiger partial charge is 0.0903 e. The molecule has 0 N–H and O–H groups in total. The largest absolute Gasteiger partial charge is 0.246 e. The van der Waals surface area contributed by atoms with E-state index < -0.39 is 0 Å². The summed E-state index contributed by atoms with van der Waals surface area (Å²) in [7, 11) is 0. The van der Waals surface area contributed by atoms with Crippen LogP contribution in [-0.2, 0) is 0 Å². The number of aromatic nitrogens is 1. The first-order valence-corrected chi connectivity index (χ1v) is 4.99. The van der Waals surface area contributed by atoms with Crippen molar-refractivity contribution in [1.82, 2.24) is 4.98 Å². The van der Waals surface area contributed by atoms with Crippen LogP contribution in [0.25, 0.3) is 10.4 Å². The van der Waals surface area contributed by atoms with Gasteiger partial charge in [-0.05, 0) is 25.5 Å². The lowest BCUT2D eigenvalue weighted by Crippen LogP contribution is -1.76. The minimum Gasteiger partial charge on any atom is -0.246 e. The van der Waals surface area contributed by atoms with Crippen molar-refractivity contribution >= 4 is 11.3 Å². The van der Waals surface area contributed by atoms with Gasteiger partial charge in [0.2, 0.25) is 0 Å². The summed E-state index contributed by atoms with van der Waals surface area (Å²) >= 11 is 1.74. The van der Waals surface area contributed by atoms with Crippen molar-refractivity contribution in [1.29, 1.82) is 0 Å². The Morgan fingerprint density at radius 2 is 1.92 bits per heavy atom. The van der Waals surface area contributed by atoms with Crippen LogP contribution < -0.4 is 0 Å². The Kier molecular flexibility index (Phi) is 2.15. The molecule has 2 rings (SSSR count). The lowest BCUT2D eigenvalue weighted by molar-refractivity contribution is 1.20. The second-order valence-corrected chi connectivity index (χ2v) is 4.14. The van der Waals surface area contributed by atoms with Crippen molar-refractivity contribution in [2.24, 2.45) is 0 Å². The highest BCUT2D eigenvalue weighted by atomic mass is 32.1. The van der Waals surface area contributed by atoms with Crippen LogP contribution in [-0.4, -0.2) is 4.98 Å². The van der Waals surface area contributed by atoms with E-state index in [9.17, 15) is 0 Å². The van der Waals surface area contributed by atoms with Crippen LogP contribution in [0.1, 0.15) is 10.7 Å². The zero-order valence-corrected chi connectivity index (χ0v) is 8.48. The Morgan fingerprint density at radius 1 is 1.23 bits per heavy atom. The van der Waals surface area contributed by atoms with Crippen LogP contribution in [0.4, 0.5) is 0 Å². The first-order valence-electron chi connectivity index (χ1n) is 4.18. The lowest BCUT2D eigenvalue weighted by atomic mass is 10.2. The molecule has 1 aromatic heterocycles. The molecule has 0 spiro atoms. The van der Waals surface area contributed by atoms with Gasteiger partial charge in [0.15, 0.2) is 0 Å². The van der Waals surface area contributed by atoms with Crippen LogP contribution in [0, 0.1) is 19.9 Å². The quantitative estimate of drug-likeness (QED) is 0.669. The highest BCUT2D eigenvalue weighted by Crippen LogP contribution is 2.28. The van der Waals surface area contributed by atoms with Gasteiger partial charge >= 0.3 is 0 Å². The first-order chi connectivity index (χ1) is 6.27. The molecule has 1 aromatic carbocycles. The fraction of sp³-hybridized carbons (Fsp3) is 0.182. The van der Waals surface area contributed by atoms with Crippen LogP contribution in [0.5, 0.6) is 0 Å². The Bertz CT molecular complexity index is 403. The average Bonchev–Trinajstić information content (AvgIpc) is 2.47. The van der Waals surface area contributed by atoms with Gasteiger partial charge in [-0.1, -0.05) is 24.3 Å². The van der Waals surface area contributed by atoms with Gasteiger partial charge < -0.3 is 0 Å². The summed E-state index contributed by atoms with van der Waals surface area (Å²) in [6.45, 7) is 4.09. The SMILES string of the molecule is Cc1nc(C)c(-c2cc[c]cc2)s1. The van der Waals surface area contributed by atoms with Gasteiger partial charge in [0.1, 0.15) is 0 Å². The maximum Gasteiger partial charge on any atom is 0.0903 e. The van der Waals surface area contributed by atoms with Gasteiger partial charge in [-0.3, -0.25) is 0 Å². The standard InChI is InChI=1S/C11H10NS/c1-8-11(13-9(2)12-8)10-6-4-3-5-7-10/h4-7H,1-2H3. The third-order valence-corrected chi connectivity index (χ3v) is 3.01. The Hall–Kier alpha value is -1.15. The lowest BCUT2D eigenvalue weighted by Gasteiger charge is -1.95. The van der Waals surface area contributed by atoms with Crippen LogP contribution in [0.15, 0.2) is 24.3 Å². The van der Waals surface area contributed by atoms with Crippen LogP contribution >= 0.6 is 11.3 Å². The minimum atomic E-state index is 1.12. The van der Waals surface area contributed by atoms with Gasteiger partial charge in [0, 0.05) is 0 Å². The molecule has 0 amide bonds. The second kappa shape index (κ2) is 3.30. The topological polar surface area (TPSA) is 12.9 Å². The molecule has 0 aliphatic carbocycles. The molecule has 0 fully saturated rings. The van der Waals surface area contributed by atoms with Gasteiger partial charge in [0.05, 0.1) is 15.6 Å². The van der Waals surface area contributed by atoms with Gasteiger partial charge in [-0.25, -0.2) is 4.98 Å². The predicted molar refractivity (Wildman–Crippen MR) is 55.9 cm³/mol. The molecule has 1 heterocycles. The van der Waals surface area contributed by atoms with Gasteiger partial charge in [0.25, 0.3) is 0 Å². The number of nitrogens with zero attached hydrogens (tertiary/aromatic N) is 1. The van der Waals surface area contributed by atoms with Crippen molar-refractivity contribution < 1.29 is 0 Å². The zero-order valence-electron chi connectivity index (χ0n) is 7.66. The van der Waals surface area contributed by atoms with E-state index in [-0.39, 0.29) is 0 Å². The molecule has 0 aliphatic heterocycles. The third kappa shape index (κ3) is 1.63. The van der Waals surface area contributed by atoms with Gasteiger partial charge in [-0.2, -0.15) is 0 Å². The Labute approximate surface area is 82.1 Å². The molecule has 1 nitrogen and oxygen atoms in total. The molecule has 65 valence electrons. The molecule has 0 saturated heterocycles. The molecule has 13 heavy (non-hydrogen) atoms. The Morgan fingerprint density at radius 3 is 2.46 bits per heavy atom. The van der Waals surface area contributed by atoms with E-state index >= 15 is 0 Å². The monoisotopic (exact) mass is 188 g/mol. The maximum absolute atomic E-state index is 4.40. The summed E-state index contributed by atoms with van der Waals surface area (Å²) in [5, 5.41) is 1.13. The second-order valence-electron chi connectivity index (χ2n) is 2.94. The summed E-state index contributed by atoms with van der Waals surface area (Å²) < 4.78 is 0. The number of benzene rings is 1. The summed E-state index contributed by atoms with van der Waals surface area (Å²) in [4.78, 5) is 5.67. The van der Waals surface area contributed by atoms with E-state index in [2.05, 4.69) is 30.1 Å². The molecular formula is C11H10NS. The zero-order chi connectivity index (χ0) is 9.26. The summed E-state index contributed by atoms with van der Waals surface area (Å²) in [5.74, 6) is 0. The van der Waals surface area contributed by atoms with Crippen LogP contribution in [0.2, 0.25) is 0 Å². The molecule has 0 saturated carbocycles. The summed E-state index contributed by atoms with van der Waals surface area (Å²) in [6, 6.07) is 11.0. The molecule has 0 aliphatic rings. The average molecular weight is 188 g/mol. The van der Waals surface area contributed by atoms with Crippen molar-refractivity contribution in [2.75, 3.05) is 0 Å². The van der Waals surface area contributed by atoms with Crippen LogP contribution in [0.3, 0.4) is 0 Å². The fourth-order valence-corrected chi connectivity index (χ4v) is 2.26. The van der Waals surface area contributed by atoms with Crippen molar-refractivity contribution in [2.45, 2.75) is 13.8 Å². The van der Waals surface area contributed by atoms with Crippen molar-refractivity contribution in [3.05, 3.63) is 41.0 Å². The maximum atomic E-state index is 4.40. The van der Waals surface area contributed by atoms with E-state index in [0.29, 0.717) is 0 Å². The number of hydrogen-bond donors (Lipinski definition) is 0. The van der Waals surface area contributed by atoms with E-state index in [4.69, 9.17) is 0 Å². The first kappa shape index (κ1) is 8.45. The molecule has 0 unspecified atom stereocenters. The third-order valence-electron chi connectivity index (χ3n) is 1.88. The molecule has 0 atom stereocenters. The minimum absolute atomic E-state index is 1.12. The predicted octanol–water partition coefficient (Wildman–Crippen LogP) is 3.23. The van der Waals surface area contributed by atoms with Crippen molar-refractivity contribution in [3.8, 4) is 10.4 Å². The van der Waals surface area contributed by atoms with Gasteiger partial charge in [-0.15, -0.1) is 11.3 Å². The van der Waals surface area contributed by atoms with E-state index in [1.54, 1.807) is 11.3 Å².